The number of thioether (sulfide) groups is 1. The van der Waals surface area contributed by atoms with Crippen LogP contribution in [-0.2, 0) is 11.8 Å². The van der Waals surface area contributed by atoms with Gasteiger partial charge in [-0.2, -0.15) is 0 Å². The van der Waals surface area contributed by atoms with Gasteiger partial charge in [0.05, 0.1) is 11.4 Å². The van der Waals surface area contributed by atoms with E-state index in [1.807, 2.05) is 78.5 Å². The lowest BCUT2D eigenvalue weighted by Crippen LogP contribution is -2.14. The van der Waals surface area contributed by atoms with E-state index in [4.69, 9.17) is 4.74 Å². The van der Waals surface area contributed by atoms with Gasteiger partial charge in [-0.25, -0.2) is 4.98 Å². The first kappa shape index (κ1) is 22.5. The lowest BCUT2D eigenvalue weighted by molar-refractivity contribution is -0.113. The van der Waals surface area contributed by atoms with Crippen molar-refractivity contribution in [3.05, 3.63) is 70.3 Å². The molecular weight excluding hydrogens is 510 g/mol. The molecule has 0 saturated heterocycles. The molecule has 2 aromatic carbocycles. The fraction of sp³-hybridized carbons (Fsp3) is 0.182. The second-order valence-corrected chi connectivity index (χ2v) is 9.57. The number of nitrogens with one attached hydrogen (secondary N) is 1. The number of para-hydroxylation sites is 1. The lowest BCUT2D eigenvalue weighted by atomic mass is 10.2. The van der Waals surface area contributed by atoms with E-state index in [9.17, 15) is 4.79 Å². The summed E-state index contributed by atoms with van der Waals surface area (Å²) in [5, 5.41) is 14.4. The van der Waals surface area contributed by atoms with Crippen LogP contribution in [0, 0.1) is 0 Å². The minimum Gasteiger partial charge on any atom is -0.483 e. The van der Waals surface area contributed by atoms with Gasteiger partial charge < -0.3 is 14.6 Å². The van der Waals surface area contributed by atoms with Gasteiger partial charge in [0.15, 0.2) is 22.2 Å². The van der Waals surface area contributed by atoms with Crippen LogP contribution in [0.15, 0.2) is 69.6 Å². The van der Waals surface area contributed by atoms with Gasteiger partial charge in [0.2, 0.25) is 5.91 Å². The topological polar surface area (TPSA) is 81.9 Å². The van der Waals surface area contributed by atoms with E-state index in [1.54, 1.807) is 0 Å². The molecule has 0 spiro atoms. The summed E-state index contributed by atoms with van der Waals surface area (Å²) in [6.07, 6.45) is -0.273. The van der Waals surface area contributed by atoms with Crippen LogP contribution in [0.25, 0.3) is 11.3 Å². The Morgan fingerprint density at radius 2 is 1.94 bits per heavy atom. The fourth-order valence-electron chi connectivity index (χ4n) is 2.93. The second kappa shape index (κ2) is 10.3. The quantitative estimate of drug-likeness (QED) is 0.300. The molecule has 2 aromatic heterocycles. The summed E-state index contributed by atoms with van der Waals surface area (Å²) in [6, 6.07) is 17.5. The maximum Gasteiger partial charge on any atom is 0.236 e. The van der Waals surface area contributed by atoms with Gasteiger partial charge >= 0.3 is 0 Å². The molecule has 0 aliphatic heterocycles. The normalized spacial score (nSPS) is 11.8. The number of rotatable bonds is 8. The van der Waals surface area contributed by atoms with Gasteiger partial charge in [-0.1, -0.05) is 58.0 Å². The Morgan fingerprint density at radius 1 is 1.19 bits per heavy atom. The van der Waals surface area contributed by atoms with Crippen molar-refractivity contribution >= 4 is 50.1 Å². The van der Waals surface area contributed by atoms with Gasteiger partial charge in [0.25, 0.3) is 0 Å². The summed E-state index contributed by atoms with van der Waals surface area (Å²) in [4.78, 5) is 16.9. The number of halogens is 1. The first-order valence-electron chi connectivity index (χ1n) is 9.74. The van der Waals surface area contributed by atoms with Crippen LogP contribution in [0.2, 0.25) is 0 Å². The van der Waals surface area contributed by atoms with Crippen LogP contribution in [0.5, 0.6) is 5.75 Å². The number of aromatic nitrogens is 4. The zero-order chi connectivity index (χ0) is 22.5. The number of nitrogens with zero attached hydrogens (tertiary/aromatic N) is 4. The highest BCUT2D eigenvalue weighted by Gasteiger charge is 2.18. The highest BCUT2D eigenvalue weighted by Crippen LogP contribution is 2.27. The molecule has 0 aliphatic carbocycles. The number of thiazole rings is 1. The molecule has 0 fully saturated rings. The highest BCUT2D eigenvalue weighted by atomic mass is 79.9. The molecule has 1 atom stereocenters. The average Bonchev–Trinajstić information content (AvgIpc) is 3.40. The van der Waals surface area contributed by atoms with Crippen molar-refractivity contribution in [1.82, 2.24) is 19.7 Å². The molecule has 2 heterocycles. The molecule has 7 nitrogen and oxygen atoms in total. The number of carbonyl (C=O) groups excluding carboxylic acids is 1. The maximum atomic E-state index is 12.4. The Morgan fingerprint density at radius 3 is 2.69 bits per heavy atom. The molecule has 0 saturated carbocycles. The van der Waals surface area contributed by atoms with Gasteiger partial charge in [-0.05, 0) is 31.2 Å². The number of benzene rings is 2. The molecule has 0 radical (unpaired) electrons. The summed E-state index contributed by atoms with van der Waals surface area (Å²) in [7, 11) is 1.87. The van der Waals surface area contributed by atoms with Crippen LogP contribution in [-0.4, -0.2) is 31.4 Å². The molecule has 0 bridgehead atoms. The second-order valence-electron chi connectivity index (χ2n) is 6.85. The van der Waals surface area contributed by atoms with Crippen molar-refractivity contribution in [2.24, 2.45) is 7.05 Å². The van der Waals surface area contributed by atoms with E-state index in [2.05, 4.69) is 36.4 Å². The van der Waals surface area contributed by atoms with Crippen LogP contribution in [0.3, 0.4) is 0 Å². The van der Waals surface area contributed by atoms with Crippen LogP contribution in [0.1, 0.15) is 18.9 Å². The summed E-state index contributed by atoms with van der Waals surface area (Å²) in [5.74, 6) is 1.51. The zero-order valence-corrected chi connectivity index (χ0v) is 20.6. The van der Waals surface area contributed by atoms with Crippen LogP contribution < -0.4 is 10.1 Å². The predicted molar refractivity (Wildman–Crippen MR) is 131 cm³/mol. The summed E-state index contributed by atoms with van der Waals surface area (Å²) >= 11 is 6.14. The highest BCUT2D eigenvalue weighted by molar-refractivity contribution is 9.10. The fourth-order valence-corrected chi connectivity index (χ4v) is 4.65. The third kappa shape index (κ3) is 5.56. The summed E-state index contributed by atoms with van der Waals surface area (Å²) < 4.78 is 8.78. The molecule has 10 heteroatoms. The van der Waals surface area contributed by atoms with Crippen molar-refractivity contribution in [1.29, 1.82) is 0 Å². The van der Waals surface area contributed by atoms with Crippen LogP contribution in [0.4, 0.5) is 5.13 Å². The van der Waals surface area contributed by atoms with Crippen LogP contribution >= 0.6 is 39.0 Å². The molecule has 164 valence electrons. The number of ether oxygens (including phenoxy) is 1. The Kier molecular flexibility index (Phi) is 7.23. The number of anilines is 1. The van der Waals surface area contributed by atoms with E-state index in [0.717, 1.165) is 21.5 Å². The third-order valence-electron chi connectivity index (χ3n) is 4.51. The van der Waals surface area contributed by atoms with E-state index in [-0.39, 0.29) is 17.8 Å². The number of amides is 1. The largest absolute Gasteiger partial charge is 0.483 e. The molecule has 0 aliphatic rings. The van der Waals surface area contributed by atoms with Gasteiger partial charge in [-0.15, -0.1) is 21.5 Å². The maximum absolute atomic E-state index is 12.4. The molecule has 1 amide bonds. The minimum atomic E-state index is -0.273. The first-order chi connectivity index (χ1) is 15.5. The Labute approximate surface area is 202 Å². The molecular formula is C22H20BrN5O2S2. The number of hydrogen-bond acceptors (Lipinski definition) is 7. The first-order valence-corrected chi connectivity index (χ1v) is 12.4. The van der Waals surface area contributed by atoms with Crippen molar-refractivity contribution < 1.29 is 9.53 Å². The smallest absolute Gasteiger partial charge is 0.236 e. The van der Waals surface area contributed by atoms with E-state index in [0.29, 0.717) is 16.1 Å². The predicted octanol–water partition coefficient (Wildman–Crippen LogP) is 5.57. The number of carbonyl (C=O) groups is 1. The molecule has 4 aromatic rings. The molecule has 0 unspecified atom stereocenters. The standard InChI is InChI=1S/C22H20BrN5O2S2/c1-14(30-17-6-4-3-5-7-17)20-26-27-22(28(20)2)32-13-19(29)25-21-24-18(12-31-21)15-8-10-16(23)11-9-15/h3-12,14H,13H2,1-2H3,(H,24,25,29)/t14-/m0/s1. The van der Waals surface area contributed by atoms with Gasteiger partial charge in [-0.3, -0.25) is 4.79 Å². The molecule has 1 N–H and O–H groups in total. The van der Waals surface area contributed by atoms with Crippen molar-refractivity contribution in [2.45, 2.75) is 18.2 Å². The zero-order valence-electron chi connectivity index (χ0n) is 17.4. The average molecular weight is 530 g/mol. The summed E-state index contributed by atoms with van der Waals surface area (Å²) in [5.41, 5.74) is 1.83. The molecule has 4 rings (SSSR count). The SMILES string of the molecule is C[C@H](Oc1ccccc1)c1nnc(SCC(=O)Nc2nc(-c3ccc(Br)cc3)cs2)n1C. The molecule has 32 heavy (non-hydrogen) atoms. The Balaban J connectivity index is 1.32. The lowest BCUT2D eigenvalue weighted by Gasteiger charge is -2.14. The van der Waals surface area contributed by atoms with Crippen molar-refractivity contribution in [3.63, 3.8) is 0 Å². The monoisotopic (exact) mass is 529 g/mol. The van der Waals surface area contributed by atoms with E-state index >= 15 is 0 Å². The third-order valence-corrected chi connectivity index (χ3v) is 6.82. The Bertz CT molecular complexity index is 1190. The minimum absolute atomic E-state index is 0.148. The number of hydrogen-bond donors (Lipinski definition) is 1. The van der Waals surface area contributed by atoms with Crippen molar-refractivity contribution in [2.75, 3.05) is 11.1 Å². The Hall–Kier alpha value is -2.69. The van der Waals surface area contributed by atoms with Crippen molar-refractivity contribution in [3.8, 4) is 17.0 Å². The summed E-state index contributed by atoms with van der Waals surface area (Å²) in [6.45, 7) is 1.92. The van der Waals surface area contributed by atoms with E-state index in [1.165, 1.54) is 23.1 Å². The van der Waals surface area contributed by atoms with E-state index < -0.39 is 0 Å². The van der Waals surface area contributed by atoms with Gasteiger partial charge in [0.1, 0.15) is 5.75 Å². The van der Waals surface area contributed by atoms with Gasteiger partial charge in [0, 0.05) is 22.5 Å².